The van der Waals surface area contributed by atoms with E-state index < -0.39 is 0 Å². The molecule has 1 heterocycles. The molecule has 1 saturated heterocycles. The first kappa shape index (κ1) is 13.9. The van der Waals surface area contributed by atoms with Crippen LogP contribution in [0.25, 0.3) is 0 Å². The first-order valence-electron chi connectivity index (χ1n) is 7.61. The molecule has 0 aromatic heterocycles. The average molecular weight is 252 g/mol. The molecule has 2 fully saturated rings. The molecule has 0 spiro atoms. The summed E-state index contributed by atoms with van der Waals surface area (Å²) in [6, 6.07) is 0.824. The zero-order valence-electron chi connectivity index (χ0n) is 11.9. The van der Waals surface area contributed by atoms with Gasteiger partial charge in [0.2, 0.25) is 5.91 Å². The van der Waals surface area contributed by atoms with Gasteiger partial charge in [-0.3, -0.25) is 4.79 Å². The second-order valence-corrected chi connectivity index (χ2v) is 6.56. The molecule has 3 heteroatoms. The summed E-state index contributed by atoms with van der Waals surface area (Å²) in [6.45, 7) is 5.42. The number of hydrogen-bond donors (Lipinski definition) is 1. The van der Waals surface area contributed by atoms with E-state index in [1.165, 1.54) is 12.8 Å². The van der Waals surface area contributed by atoms with Gasteiger partial charge in [-0.1, -0.05) is 6.92 Å². The Morgan fingerprint density at radius 2 is 1.78 bits per heavy atom. The highest BCUT2D eigenvalue weighted by molar-refractivity contribution is 5.76. The summed E-state index contributed by atoms with van der Waals surface area (Å²) in [5.74, 6) is 1.64. The molecule has 2 aliphatic rings. The molecule has 3 nitrogen and oxygen atoms in total. The van der Waals surface area contributed by atoms with Crippen LogP contribution in [0.1, 0.15) is 58.8 Å². The zero-order chi connectivity index (χ0) is 13.1. The van der Waals surface area contributed by atoms with Crippen LogP contribution < -0.4 is 5.73 Å². The van der Waals surface area contributed by atoms with Crippen LogP contribution in [0.2, 0.25) is 0 Å². The van der Waals surface area contributed by atoms with Crippen molar-refractivity contribution in [2.75, 3.05) is 6.54 Å². The summed E-state index contributed by atoms with van der Waals surface area (Å²) in [4.78, 5) is 14.5. The normalized spacial score (nSPS) is 37.6. The van der Waals surface area contributed by atoms with Gasteiger partial charge in [0.05, 0.1) is 0 Å². The lowest BCUT2D eigenvalue weighted by Crippen LogP contribution is -2.45. The number of carbonyl (C=O) groups is 1. The highest BCUT2D eigenvalue weighted by Gasteiger charge is 2.29. The molecule has 1 saturated carbocycles. The quantitative estimate of drug-likeness (QED) is 0.821. The van der Waals surface area contributed by atoms with E-state index in [1.54, 1.807) is 0 Å². The van der Waals surface area contributed by atoms with Crippen molar-refractivity contribution < 1.29 is 4.79 Å². The molecule has 1 aliphatic carbocycles. The first-order chi connectivity index (χ1) is 8.56. The molecule has 2 unspecified atom stereocenters. The second-order valence-electron chi connectivity index (χ2n) is 6.56. The van der Waals surface area contributed by atoms with Gasteiger partial charge in [0.25, 0.3) is 0 Å². The van der Waals surface area contributed by atoms with E-state index >= 15 is 0 Å². The molecule has 2 atom stereocenters. The fraction of sp³-hybridized carbons (Fsp3) is 0.933. The third-order valence-corrected chi connectivity index (χ3v) is 4.79. The van der Waals surface area contributed by atoms with E-state index in [1.807, 2.05) is 0 Å². The summed E-state index contributed by atoms with van der Waals surface area (Å²) in [6.07, 6.45) is 7.68. The summed E-state index contributed by atoms with van der Waals surface area (Å²) in [7, 11) is 0. The molecule has 0 aromatic rings. The van der Waals surface area contributed by atoms with Gasteiger partial charge in [0.15, 0.2) is 0 Å². The van der Waals surface area contributed by atoms with Crippen molar-refractivity contribution in [3.8, 4) is 0 Å². The SMILES string of the molecule is CC1CCC(C)N(C(=O)CC2CCC(N)CC2)C1. The lowest BCUT2D eigenvalue weighted by atomic mass is 9.84. The summed E-state index contributed by atoms with van der Waals surface area (Å²) in [5.41, 5.74) is 5.92. The van der Waals surface area contributed by atoms with Gasteiger partial charge in [0.1, 0.15) is 0 Å². The molecule has 18 heavy (non-hydrogen) atoms. The highest BCUT2D eigenvalue weighted by atomic mass is 16.2. The number of rotatable bonds is 2. The number of piperidine rings is 1. The van der Waals surface area contributed by atoms with Crippen LogP contribution in [0.3, 0.4) is 0 Å². The van der Waals surface area contributed by atoms with E-state index in [-0.39, 0.29) is 0 Å². The predicted octanol–water partition coefficient (Wildman–Crippen LogP) is 2.54. The molecule has 0 aromatic carbocycles. The van der Waals surface area contributed by atoms with Gasteiger partial charge >= 0.3 is 0 Å². The van der Waals surface area contributed by atoms with E-state index in [0.29, 0.717) is 29.8 Å². The average Bonchev–Trinajstić information content (AvgIpc) is 2.35. The number of carbonyl (C=O) groups excluding carboxylic acids is 1. The van der Waals surface area contributed by atoms with Crippen LogP contribution >= 0.6 is 0 Å². The topological polar surface area (TPSA) is 46.3 Å². The third kappa shape index (κ3) is 3.47. The van der Waals surface area contributed by atoms with Crippen LogP contribution in [0.4, 0.5) is 0 Å². The molecule has 1 amide bonds. The maximum atomic E-state index is 12.4. The van der Waals surface area contributed by atoms with Crippen molar-refractivity contribution in [3.63, 3.8) is 0 Å². The van der Waals surface area contributed by atoms with Crippen molar-refractivity contribution in [1.82, 2.24) is 4.90 Å². The van der Waals surface area contributed by atoms with E-state index in [4.69, 9.17) is 5.73 Å². The summed E-state index contributed by atoms with van der Waals surface area (Å²) < 4.78 is 0. The number of likely N-dealkylation sites (tertiary alicyclic amines) is 1. The summed E-state index contributed by atoms with van der Waals surface area (Å²) >= 11 is 0. The van der Waals surface area contributed by atoms with Crippen LogP contribution in [0.15, 0.2) is 0 Å². The van der Waals surface area contributed by atoms with Crippen molar-refractivity contribution in [2.45, 2.75) is 70.9 Å². The van der Waals surface area contributed by atoms with Crippen LogP contribution in [-0.2, 0) is 4.79 Å². The lowest BCUT2D eigenvalue weighted by Gasteiger charge is -2.38. The Morgan fingerprint density at radius 3 is 2.44 bits per heavy atom. The molecular formula is C15H28N2O. The fourth-order valence-electron chi connectivity index (χ4n) is 3.39. The maximum Gasteiger partial charge on any atom is 0.223 e. The molecule has 2 rings (SSSR count). The molecule has 1 aliphatic heterocycles. The number of nitrogens with zero attached hydrogens (tertiary/aromatic N) is 1. The minimum absolute atomic E-state index is 0.380. The Morgan fingerprint density at radius 1 is 1.11 bits per heavy atom. The molecular weight excluding hydrogens is 224 g/mol. The second kappa shape index (κ2) is 6.05. The van der Waals surface area contributed by atoms with Crippen molar-refractivity contribution in [2.24, 2.45) is 17.6 Å². The van der Waals surface area contributed by atoms with Crippen molar-refractivity contribution in [1.29, 1.82) is 0 Å². The first-order valence-corrected chi connectivity index (χ1v) is 7.61. The van der Waals surface area contributed by atoms with Gasteiger partial charge in [-0.15, -0.1) is 0 Å². The van der Waals surface area contributed by atoms with Crippen LogP contribution in [0.5, 0.6) is 0 Å². The van der Waals surface area contributed by atoms with Crippen LogP contribution in [-0.4, -0.2) is 29.4 Å². The Hall–Kier alpha value is -0.570. The molecule has 0 bridgehead atoms. The Kier molecular flexibility index (Phi) is 4.66. The fourth-order valence-corrected chi connectivity index (χ4v) is 3.39. The minimum atomic E-state index is 0.380. The van der Waals surface area contributed by atoms with Gasteiger partial charge in [0, 0.05) is 25.0 Å². The Labute approximate surface area is 111 Å². The van der Waals surface area contributed by atoms with Gasteiger partial charge in [-0.05, 0) is 57.3 Å². The largest absolute Gasteiger partial charge is 0.340 e. The van der Waals surface area contributed by atoms with E-state index in [2.05, 4.69) is 18.7 Å². The lowest BCUT2D eigenvalue weighted by molar-refractivity contribution is -0.136. The molecule has 0 radical (unpaired) electrons. The van der Waals surface area contributed by atoms with Gasteiger partial charge in [-0.25, -0.2) is 0 Å². The predicted molar refractivity (Wildman–Crippen MR) is 74.1 cm³/mol. The van der Waals surface area contributed by atoms with Crippen molar-refractivity contribution >= 4 is 5.91 Å². The standard InChI is InChI=1S/C15H28N2O/c1-11-3-4-12(2)17(10-11)15(18)9-13-5-7-14(16)8-6-13/h11-14H,3-10,16H2,1-2H3. The number of nitrogens with two attached hydrogens (primary N) is 1. The molecule has 2 N–H and O–H groups in total. The van der Waals surface area contributed by atoms with E-state index in [9.17, 15) is 4.79 Å². The molecule has 104 valence electrons. The third-order valence-electron chi connectivity index (χ3n) is 4.79. The minimum Gasteiger partial charge on any atom is -0.340 e. The number of hydrogen-bond acceptors (Lipinski definition) is 2. The zero-order valence-corrected chi connectivity index (χ0v) is 11.9. The van der Waals surface area contributed by atoms with Crippen molar-refractivity contribution in [3.05, 3.63) is 0 Å². The highest BCUT2D eigenvalue weighted by Crippen LogP contribution is 2.28. The Balaban J connectivity index is 1.83. The van der Waals surface area contributed by atoms with Crippen LogP contribution in [0, 0.1) is 11.8 Å². The van der Waals surface area contributed by atoms with Gasteiger partial charge in [-0.2, -0.15) is 0 Å². The maximum absolute atomic E-state index is 12.4. The number of amides is 1. The van der Waals surface area contributed by atoms with E-state index in [0.717, 1.165) is 38.6 Å². The summed E-state index contributed by atoms with van der Waals surface area (Å²) in [5, 5.41) is 0. The smallest absolute Gasteiger partial charge is 0.223 e. The van der Waals surface area contributed by atoms with Gasteiger partial charge < -0.3 is 10.6 Å². The Bertz CT molecular complexity index is 284. The monoisotopic (exact) mass is 252 g/mol.